The summed E-state index contributed by atoms with van der Waals surface area (Å²) in [4.78, 5) is 15.1. The monoisotopic (exact) mass is 213 g/mol. The fourth-order valence-corrected chi connectivity index (χ4v) is 1.82. The van der Waals surface area contributed by atoms with Crippen LogP contribution < -0.4 is 0 Å². The van der Waals surface area contributed by atoms with Crippen molar-refractivity contribution in [3.05, 3.63) is 42.1 Å². The lowest BCUT2D eigenvalue weighted by Crippen LogP contribution is -1.92. The van der Waals surface area contributed by atoms with Gasteiger partial charge in [-0.25, -0.2) is 0 Å². The zero-order valence-electron chi connectivity index (χ0n) is 9.44. The van der Waals surface area contributed by atoms with Gasteiger partial charge in [-0.15, -0.1) is 0 Å². The van der Waals surface area contributed by atoms with Gasteiger partial charge >= 0.3 is 0 Å². The van der Waals surface area contributed by atoms with Gasteiger partial charge < -0.3 is 4.79 Å². The summed E-state index contributed by atoms with van der Waals surface area (Å²) in [5.74, 6) is 0.266. The fraction of sp³-hybridized carbons (Fsp3) is 0.286. The molecule has 0 radical (unpaired) electrons. The maximum absolute atomic E-state index is 10.8. The van der Waals surface area contributed by atoms with E-state index < -0.39 is 0 Å². The Morgan fingerprint density at radius 3 is 3.00 bits per heavy atom. The van der Waals surface area contributed by atoms with E-state index in [1.165, 1.54) is 10.9 Å². The highest BCUT2D eigenvalue weighted by Gasteiger charge is 1.98. The summed E-state index contributed by atoms with van der Waals surface area (Å²) >= 11 is 0. The molecule has 2 rings (SSSR count). The third kappa shape index (κ3) is 2.66. The molecule has 0 unspecified atom stereocenters. The van der Waals surface area contributed by atoms with Crippen LogP contribution >= 0.6 is 0 Å². The van der Waals surface area contributed by atoms with E-state index in [0.29, 0.717) is 6.42 Å². The number of nitrogens with zero attached hydrogens (tertiary/aromatic N) is 1. The van der Waals surface area contributed by atoms with Crippen molar-refractivity contribution in [2.24, 2.45) is 0 Å². The normalized spacial score (nSPS) is 10.6. The molecule has 0 saturated carbocycles. The van der Waals surface area contributed by atoms with Crippen LogP contribution in [0.15, 0.2) is 36.5 Å². The number of aryl methyl sites for hydroxylation is 1. The number of benzene rings is 1. The molecule has 0 aliphatic rings. The molecular weight excluding hydrogens is 198 g/mol. The van der Waals surface area contributed by atoms with Crippen molar-refractivity contribution in [2.45, 2.75) is 26.2 Å². The lowest BCUT2D eigenvalue weighted by molar-refractivity contribution is -0.117. The van der Waals surface area contributed by atoms with Gasteiger partial charge in [0.05, 0.1) is 5.52 Å². The number of carbonyl (C=O) groups is 1. The smallest absolute Gasteiger partial charge is 0.129 e. The van der Waals surface area contributed by atoms with Crippen LogP contribution in [0.2, 0.25) is 0 Å². The van der Waals surface area contributed by atoms with Crippen LogP contribution in [-0.2, 0) is 11.2 Å². The second-order valence-electron chi connectivity index (χ2n) is 4.09. The number of rotatable bonds is 4. The Morgan fingerprint density at radius 1 is 1.31 bits per heavy atom. The molecule has 0 aliphatic carbocycles. The van der Waals surface area contributed by atoms with Crippen LogP contribution in [0.4, 0.5) is 0 Å². The van der Waals surface area contributed by atoms with Crippen LogP contribution in [0.3, 0.4) is 0 Å². The Labute approximate surface area is 95.3 Å². The fourth-order valence-electron chi connectivity index (χ4n) is 1.82. The summed E-state index contributed by atoms with van der Waals surface area (Å²) in [6.45, 7) is 1.64. The molecule has 0 bridgehead atoms. The van der Waals surface area contributed by atoms with Crippen molar-refractivity contribution in [1.82, 2.24) is 4.98 Å². The zero-order chi connectivity index (χ0) is 11.4. The molecule has 1 heterocycles. The second-order valence-corrected chi connectivity index (χ2v) is 4.09. The Hall–Kier alpha value is -1.70. The minimum absolute atomic E-state index is 0.266. The number of aromatic nitrogens is 1. The van der Waals surface area contributed by atoms with Gasteiger partial charge in [0, 0.05) is 18.0 Å². The maximum atomic E-state index is 10.8. The minimum Gasteiger partial charge on any atom is -0.300 e. The predicted octanol–water partition coefficient (Wildman–Crippen LogP) is 3.15. The average molecular weight is 213 g/mol. The van der Waals surface area contributed by atoms with E-state index in [0.717, 1.165) is 18.4 Å². The molecule has 0 N–H and O–H groups in total. The molecule has 2 heteroatoms. The van der Waals surface area contributed by atoms with E-state index >= 15 is 0 Å². The highest BCUT2D eigenvalue weighted by molar-refractivity contribution is 5.79. The standard InChI is InChI=1S/C14H15NO/c1-11(16)4-2-5-12-7-8-14-13(10-12)6-3-9-15-14/h3,6-10H,2,4-5H2,1H3. The molecule has 1 aromatic heterocycles. The lowest BCUT2D eigenvalue weighted by Gasteiger charge is -2.02. The molecule has 0 fully saturated rings. The molecule has 0 spiro atoms. The van der Waals surface area contributed by atoms with Crippen molar-refractivity contribution in [3.63, 3.8) is 0 Å². The third-order valence-corrected chi connectivity index (χ3v) is 2.66. The van der Waals surface area contributed by atoms with Gasteiger partial charge in [-0.05, 0) is 43.5 Å². The minimum atomic E-state index is 0.266. The predicted molar refractivity (Wildman–Crippen MR) is 65.4 cm³/mol. The van der Waals surface area contributed by atoms with E-state index in [1.54, 1.807) is 13.1 Å². The van der Waals surface area contributed by atoms with Gasteiger partial charge in [-0.3, -0.25) is 4.98 Å². The molecule has 0 saturated heterocycles. The number of fused-ring (bicyclic) bond motifs is 1. The Bertz CT molecular complexity index is 505. The first kappa shape index (κ1) is 10.8. The Balaban J connectivity index is 2.10. The topological polar surface area (TPSA) is 30.0 Å². The van der Waals surface area contributed by atoms with Gasteiger partial charge in [0.2, 0.25) is 0 Å². The molecule has 0 atom stereocenters. The molecule has 0 aliphatic heterocycles. The van der Waals surface area contributed by atoms with Crippen molar-refractivity contribution in [1.29, 1.82) is 0 Å². The second kappa shape index (κ2) is 4.88. The summed E-state index contributed by atoms with van der Waals surface area (Å²) in [6, 6.07) is 10.3. The zero-order valence-corrected chi connectivity index (χ0v) is 9.44. The van der Waals surface area contributed by atoms with Crippen LogP contribution in [0, 0.1) is 0 Å². The number of ketones is 1. The number of hydrogen-bond acceptors (Lipinski definition) is 2. The van der Waals surface area contributed by atoms with E-state index in [9.17, 15) is 4.79 Å². The Kier molecular flexibility index (Phi) is 3.30. The number of Topliss-reactive ketones (excluding diaryl/α,β-unsaturated/α-hetero) is 1. The van der Waals surface area contributed by atoms with Gasteiger partial charge in [0.15, 0.2) is 0 Å². The largest absolute Gasteiger partial charge is 0.300 e. The van der Waals surface area contributed by atoms with Gasteiger partial charge in [0.25, 0.3) is 0 Å². The molecule has 1 aromatic carbocycles. The van der Waals surface area contributed by atoms with Crippen LogP contribution in [-0.4, -0.2) is 10.8 Å². The molecule has 2 nitrogen and oxygen atoms in total. The van der Waals surface area contributed by atoms with Crippen molar-refractivity contribution >= 4 is 16.7 Å². The van der Waals surface area contributed by atoms with E-state index in [4.69, 9.17) is 0 Å². The SMILES string of the molecule is CC(=O)CCCc1ccc2ncccc2c1. The first-order valence-electron chi connectivity index (χ1n) is 5.59. The summed E-state index contributed by atoms with van der Waals surface area (Å²) in [5, 5.41) is 1.17. The quantitative estimate of drug-likeness (QED) is 0.781. The van der Waals surface area contributed by atoms with Gasteiger partial charge in [0.1, 0.15) is 5.78 Å². The van der Waals surface area contributed by atoms with E-state index in [-0.39, 0.29) is 5.78 Å². The van der Waals surface area contributed by atoms with Crippen LogP contribution in [0.5, 0.6) is 0 Å². The first-order chi connectivity index (χ1) is 7.75. The third-order valence-electron chi connectivity index (χ3n) is 2.66. The van der Waals surface area contributed by atoms with Crippen molar-refractivity contribution in [2.75, 3.05) is 0 Å². The number of hydrogen-bond donors (Lipinski definition) is 0. The maximum Gasteiger partial charge on any atom is 0.129 e. The number of carbonyl (C=O) groups excluding carboxylic acids is 1. The van der Waals surface area contributed by atoms with Gasteiger partial charge in [-0.2, -0.15) is 0 Å². The van der Waals surface area contributed by atoms with E-state index in [1.807, 2.05) is 12.1 Å². The van der Waals surface area contributed by atoms with Crippen molar-refractivity contribution in [3.8, 4) is 0 Å². The number of pyridine rings is 1. The van der Waals surface area contributed by atoms with Crippen LogP contribution in [0.25, 0.3) is 10.9 Å². The highest BCUT2D eigenvalue weighted by atomic mass is 16.1. The molecule has 16 heavy (non-hydrogen) atoms. The Morgan fingerprint density at radius 2 is 2.19 bits per heavy atom. The first-order valence-corrected chi connectivity index (χ1v) is 5.59. The summed E-state index contributed by atoms with van der Waals surface area (Å²) < 4.78 is 0. The summed E-state index contributed by atoms with van der Waals surface area (Å²) in [5.41, 5.74) is 2.31. The summed E-state index contributed by atoms with van der Waals surface area (Å²) in [7, 11) is 0. The van der Waals surface area contributed by atoms with Crippen LogP contribution in [0.1, 0.15) is 25.3 Å². The lowest BCUT2D eigenvalue weighted by atomic mass is 10.0. The highest BCUT2D eigenvalue weighted by Crippen LogP contribution is 2.14. The van der Waals surface area contributed by atoms with Gasteiger partial charge in [-0.1, -0.05) is 12.1 Å². The van der Waals surface area contributed by atoms with E-state index in [2.05, 4.69) is 23.2 Å². The molecule has 82 valence electrons. The molecule has 0 amide bonds. The summed E-state index contributed by atoms with van der Waals surface area (Å²) in [6.07, 6.45) is 4.37. The molecule has 2 aromatic rings. The van der Waals surface area contributed by atoms with Crippen molar-refractivity contribution < 1.29 is 4.79 Å². The average Bonchev–Trinajstić information content (AvgIpc) is 2.28. The molecular formula is C14H15NO.